The Morgan fingerprint density at radius 3 is 2.72 bits per heavy atom. The van der Waals surface area contributed by atoms with Crippen molar-refractivity contribution in [1.82, 2.24) is 13.8 Å². The molecule has 0 saturated carbocycles. The van der Waals surface area contributed by atoms with Gasteiger partial charge < -0.3 is 10.2 Å². The molecule has 2 heterocycles. The number of primary amides is 1. The Kier molecular flexibility index (Phi) is 4.67. The fraction of sp³-hybridized carbons (Fsp3) is 0.467. The van der Waals surface area contributed by atoms with E-state index in [0.717, 1.165) is 0 Å². The molecule has 9 nitrogen and oxygen atoms in total. The molecule has 1 amide bonds. The van der Waals surface area contributed by atoms with E-state index < -0.39 is 21.7 Å². The predicted octanol–water partition coefficient (Wildman–Crippen LogP) is -0.687. The second-order valence-electron chi connectivity index (χ2n) is 6.06. The third-order valence-electron chi connectivity index (χ3n) is 4.33. The van der Waals surface area contributed by atoms with Gasteiger partial charge >= 0.3 is 5.76 Å². The smallest absolute Gasteiger partial charge is 0.408 e. The van der Waals surface area contributed by atoms with E-state index in [1.165, 1.54) is 21.0 Å². The Bertz CT molecular complexity index is 962. The number of hydrogen-bond donors (Lipinski definition) is 1. The highest BCUT2D eigenvalue weighted by molar-refractivity contribution is 7.89. The van der Waals surface area contributed by atoms with Crippen LogP contribution in [-0.4, -0.2) is 60.8 Å². The first-order valence-electron chi connectivity index (χ1n) is 7.89. The molecule has 0 atom stereocenters. The number of oxazole rings is 1. The maximum Gasteiger partial charge on any atom is 0.419 e. The zero-order valence-corrected chi connectivity index (χ0v) is 14.7. The molecule has 3 rings (SSSR count). The number of sulfonamides is 1. The largest absolute Gasteiger partial charge is 0.419 e. The number of fused-ring (bicyclic) bond motifs is 1. The molecule has 136 valence electrons. The molecule has 0 spiro atoms. The molecule has 2 N–H and O–H groups in total. The normalized spacial score (nSPS) is 17.6. The van der Waals surface area contributed by atoms with Crippen molar-refractivity contribution in [3.05, 3.63) is 28.7 Å². The van der Waals surface area contributed by atoms with Gasteiger partial charge in [-0.05, 0) is 25.1 Å². The number of carbonyl (C=O) groups is 1. The zero-order chi connectivity index (χ0) is 18.2. The molecule has 1 aromatic heterocycles. The lowest BCUT2D eigenvalue weighted by atomic mass is 10.3. The number of amides is 1. The van der Waals surface area contributed by atoms with Crippen LogP contribution in [0.3, 0.4) is 0 Å². The maximum atomic E-state index is 12.9. The van der Waals surface area contributed by atoms with Gasteiger partial charge in [0.25, 0.3) is 0 Å². The number of rotatable bonds is 4. The van der Waals surface area contributed by atoms with E-state index in [9.17, 15) is 18.0 Å². The van der Waals surface area contributed by atoms with Crippen LogP contribution in [0.15, 0.2) is 32.3 Å². The number of hydrogen-bond acceptors (Lipinski definition) is 6. The molecular formula is C15H20N4O5S. The molecule has 1 aliphatic heterocycles. The van der Waals surface area contributed by atoms with Gasteiger partial charge in [0, 0.05) is 32.7 Å². The minimum absolute atomic E-state index is 0.0812. The van der Waals surface area contributed by atoms with E-state index >= 15 is 0 Å². The van der Waals surface area contributed by atoms with Crippen molar-refractivity contribution in [2.75, 3.05) is 32.7 Å². The summed E-state index contributed by atoms with van der Waals surface area (Å²) in [5.74, 6) is -0.970. The highest BCUT2D eigenvalue weighted by atomic mass is 32.2. The van der Waals surface area contributed by atoms with Gasteiger partial charge in [0.2, 0.25) is 15.9 Å². The summed E-state index contributed by atoms with van der Waals surface area (Å²) in [7, 11) is -2.15. The molecule has 0 unspecified atom stereocenters. The predicted molar refractivity (Wildman–Crippen MR) is 90.5 cm³/mol. The third-order valence-corrected chi connectivity index (χ3v) is 6.22. The van der Waals surface area contributed by atoms with E-state index in [4.69, 9.17) is 10.2 Å². The highest BCUT2D eigenvalue weighted by Crippen LogP contribution is 2.22. The summed E-state index contributed by atoms with van der Waals surface area (Å²) in [6, 6.07) is 4.40. The lowest BCUT2D eigenvalue weighted by molar-refractivity contribution is -0.119. The molecule has 1 fully saturated rings. The van der Waals surface area contributed by atoms with Crippen molar-refractivity contribution in [3.63, 3.8) is 0 Å². The van der Waals surface area contributed by atoms with E-state index in [-0.39, 0.29) is 23.6 Å². The molecule has 0 bridgehead atoms. The molecule has 1 aromatic carbocycles. The van der Waals surface area contributed by atoms with Crippen molar-refractivity contribution in [2.24, 2.45) is 12.8 Å². The number of aromatic nitrogens is 1. The first kappa shape index (κ1) is 17.6. The summed E-state index contributed by atoms with van der Waals surface area (Å²) in [6.45, 7) is 1.79. The standard InChI is InChI=1S/C15H20N4O5S/c1-17-12-4-3-11(9-13(12)24-15(17)21)25(22,23)19-6-2-5-18(7-8-19)10-14(16)20/h3-4,9H,2,5-8,10H2,1H3,(H2,16,20). The van der Waals surface area contributed by atoms with Crippen molar-refractivity contribution < 1.29 is 17.6 Å². The van der Waals surface area contributed by atoms with Crippen molar-refractivity contribution in [1.29, 1.82) is 0 Å². The number of benzene rings is 1. The second-order valence-corrected chi connectivity index (χ2v) is 7.99. The van der Waals surface area contributed by atoms with Gasteiger partial charge in [-0.15, -0.1) is 0 Å². The summed E-state index contributed by atoms with van der Waals surface area (Å²) < 4.78 is 33.6. The molecule has 0 aliphatic carbocycles. The van der Waals surface area contributed by atoms with Gasteiger partial charge in [0.1, 0.15) is 0 Å². The molecular weight excluding hydrogens is 348 g/mol. The molecule has 0 radical (unpaired) electrons. The summed E-state index contributed by atoms with van der Waals surface area (Å²) in [4.78, 5) is 24.5. The quantitative estimate of drug-likeness (QED) is 0.763. The van der Waals surface area contributed by atoms with Crippen molar-refractivity contribution >= 4 is 27.0 Å². The lowest BCUT2D eigenvalue weighted by Crippen LogP contribution is -2.38. The Balaban J connectivity index is 1.86. The number of nitrogens with zero attached hydrogens (tertiary/aromatic N) is 3. The zero-order valence-electron chi connectivity index (χ0n) is 13.8. The number of nitrogens with two attached hydrogens (primary N) is 1. The van der Waals surface area contributed by atoms with Gasteiger partial charge in [-0.3, -0.25) is 14.3 Å². The van der Waals surface area contributed by atoms with Crippen LogP contribution in [0.5, 0.6) is 0 Å². The maximum absolute atomic E-state index is 12.9. The Labute approximate surface area is 144 Å². The van der Waals surface area contributed by atoms with Crippen LogP contribution in [0.25, 0.3) is 11.1 Å². The topological polar surface area (TPSA) is 119 Å². The molecule has 25 heavy (non-hydrogen) atoms. The molecule has 2 aromatic rings. The fourth-order valence-electron chi connectivity index (χ4n) is 2.99. The minimum atomic E-state index is -3.71. The number of carbonyl (C=O) groups excluding carboxylic acids is 1. The van der Waals surface area contributed by atoms with Crippen LogP contribution in [0.2, 0.25) is 0 Å². The average molecular weight is 368 g/mol. The van der Waals surface area contributed by atoms with E-state index in [1.54, 1.807) is 13.1 Å². The Morgan fingerprint density at radius 1 is 1.24 bits per heavy atom. The van der Waals surface area contributed by atoms with Crippen LogP contribution >= 0.6 is 0 Å². The van der Waals surface area contributed by atoms with Crippen molar-refractivity contribution in [3.8, 4) is 0 Å². The van der Waals surface area contributed by atoms with Crippen LogP contribution < -0.4 is 11.5 Å². The van der Waals surface area contributed by atoms with Crippen LogP contribution in [-0.2, 0) is 21.9 Å². The Morgan fingerprint density at radius 2 is 2.00 bits per heavy atom. The van der Waals surface area contributed by atoms with Gasteiger partial charge in [0.15, 0.2) is 5.58 Å². The van der Waals surface area contributed by atoms with E-state index in [2.05, 4.69) is 0 Å². The summed E-state index contributed by atoms with van der Waals surface area (Å²) in [5, 5.41) is 0. The third kappa shape index (κ3) is 3.46. The van der Waals surface area contributed by atoms with Crippen LogP contribution in [0.4, 0.5) is 0 Å². The summed E-state index contributed by atoms with van der Waals surface area (Å²) in [5.41, 5.74) is 5.97. The van der Waals surface area contributed by atoms with Crippen molar-refractivity contribution in [2.45, 2.75) is 11.3 Å². The molecule has 10 heteroatoms. The lowest BCUT2D eigenvalue weighted by Gasteiger charge is -2.21. The van der Waals surface area contributed by atoms with Crippen LogP contribution in [0.1, 0.15) is 6.42 Å². The van der Waals surface area contributed by atoms with Gasteiger partial charge in [-0.1, -0.05) is 0 Å². The number of aryl methyl sites for hydroxylation is 1. The summed E-state index contributed by atoms with van der Waals surface area (Å²) >= 11 is 0. The summed E-state index contributed by atoms with van der Waals surface area (Å²) in [6.07, 6.45) is 0.606. The fourth-order valence-corrected chi connectivity index (χ4v) is 4.48. The first-order chi connectivity index (χ1) is 11.8. The van der Waals surface area contributed by atoms with Gasteiger partial charge in [0.05, 0.1) is 17.0 Å². The van der Waals surface area contributed by atoms with Gasteiger partial charge in [-0.25, -0.2) is 13.2 Å². The molecule has 1 aliphatic rings. The van der Waals surface area contributed by atoms with Crippen LogP contribution in [0, 0.1) is 0 Å². The van der Waals surface area contributed by atoms with E-state index in [1.807, 2.05) is 4.90 Å². The molecule has 1 saturated heterocycles. The minimum Gasteiger partial charge on any atom is -0.408 e. The van der Waals surface area contributed by atoms with E-state index in [0.29, 0.717) is 31.6 Å². The monoisotopic (exact) mass is 368 g/mol. The second kappa shape index (κ2) is 6.62. The first-order valence-corrected chi connectivity index (χ1v) is 9.33. The highest BCUT2D eigenvalue weighted by Gasteiger charge is 2.28. The van der Waals surface area contributed by atoms with Gasteiger partial charge in [-0.2, -0.15) is 4.31 Å². The Hall–Kier alpha value is -2.17. The SMILES string of the molecule is Cn1c(=O)oc2cc(S(=O)(=O)N3CCCN(CC(N)=O)CC3)ccc21. The average Bonchev–Trinajstić information content (AvgIpc) is 2.72.